The highest BCUT2D eigenvalue weighted by molar-refractivity contribution is 7.99. The van der Waals surface area contributed by atoms with Gasteiger partial charge in [0.1, 0.15) is 0 Å². The van der Waals surface area contributed by atoms with Crippen LogP contribution in [0, 0.1) is 0 Å². The van der Waals surface area contributed by atoms with E-state index in [1.807, 2.05) is 31.3 Å². The summed E-state index contributed by atoms with van der Waals surface area (Å²) in [5, 5.41) is 3.03. The lowest BCUT2D eigenvalue weighted by Gasteiger charge is -2.21. The summed E-state index contributed by atoms with van der Waals surface area (Å²) in [5.74, 6) is -0.597. The van der Waals surface area contributed by atoms with Crippen molar-refractivity contribution in [1.82, 2.24) is 14.6 Å². The number of hydrogen-bond acceptors (Lipinski definition) is 5. The predicted molar refractivity (Wildman–Crippen MR) is 120 cm³/mol. The van der Waals surface area contributed by atoms with Crippen LogP contribution in [0.1, 0.15) is 19.0 Å². The molecule has 4 aromatic rings. The molecule has 2 aromatic heterocycles. The first-order chi connectivity index (χ1) is 15.1. The fourth-order valence-electron chi connectivity index (χ4n) is 3.75. The van der Waals surface area contributed by atoms with Crippen LogP contribution in [-0.2, 0) is 15.9 Å². The Hall–Kier alpha value is -2.87. The molecule has 0 amide bonds. The maximum absolute atomic E-state index is 12.6. The van der Waals surface area contributed by atoms with Crippen molar-refractivity contribution in [2.45, 2.75) is 35.3 Å². The van der Waals surface area contributed by atoms with E-state index >= 15 is 0 Å². The van der Waals surface area contributed by atoms with E-state index in [0.717, 1.165) is 21.7 Å². The first-order valence-electron chi connectivity index (χ1n) is 10.3. The van der Waals surface area contributed by atoms with Crippen molar-refractivity contribution in [3.05, 3.63) is 82.9 Å². The van der Waals surface area contributed by atoms with E-state index in [4.69, 9.17) is 14.5 Å². The normalized spacial score (nSPS) is 15.5. The van der Waals surface area contributed by atoms with Crippen LogP contribution in [-0.4, -0.2) is 33.6 Å². The number of hydrogen-bond donors (Lipinski definition) is 1. The number of fused-ring (bicyclic) bond motifs is 1. The van der Waals surface area contributed by atoms with Crippen molar-refractivity contribution >= 4 is 17.4 Å². The monoisotopic (exact) mass is 433 g/mol. The van der Waals surface area contributed by atoms with E-state index in [-0.39, 0.29) is 5.56 Å². The van der Waals surface area contributed by atoms with Crippen molar-refractivity contribution in [2.75, 3.05) is 13.2 Å². The average molecular weight is 434 g/mol. The minimum atomic E-state index is -0.597. The lowest BCUT2D eigenvalue weighted by Crippen LogP contribution is -2.26. The third kappa shape index (κ3) is 4.30. The topological polar surface area (TPSA) is 68.6 Å². The number of aryl methyl sites for hydroxylation is 1. The molecule has 1 N–H and O–H groups in total. The molecule has 3 heterocycles. The van der Waals surface area contributed by atoms with Crippen LogP contribution >= 0.6 is 11.8 Å². The number of aromatic nitrogens is 3. The highest BCUT2D eigenvalue weighted by Crippen LogP contribution is 2.30. The first kappa shape index (κ1) is 20.1. The van der Waals surface area contributed by atoms with E-state index in [2.05, 4.69) is 41.5 Å². The minimum Gasteiger partial charge on any atom is -0.348 e. The maximum atomic E-state index is 12.6. The zero-order chi connectivity index (χ0) is 21.3. The largest absolute Gasteiger partial charge is 0.348 e. The second-order valence-corrected chi connectivity index (χ2v) is 8.85. The van der Waals surface area contributed by atoms with Crippen molar-refractivity contribution in [3.63, 3.8) is 0 Å². The smallest absolute Gasteiger partial charge is 0.272 e. The van der Waals surface area contributed by atoms with Gasteiger partial charge in [-0.25, -0.2) is 9.50 Å². The Morgan fingerprint density at radius 1 is 1.06 bits per heavy atom. The molecule has 0 atom stereocenters. The zero-order valence-corrected chi connectivity index (χ0v) is 18.0. The van der Waals surface area contributed by atoms with Gasteiger partial charge in [-0.1, -0.05) is 42.1 Å². The highest BCUT2D eigenvalue weighted by atomic mass is 32.2. The standard InChI is InChI=1S/C24H23N3O3S/c1-24(29-13-14-30-24)12-11-18-15-22(28)27-23(26-18)21(16-25-27)17-7-9-20(10-8-17)31-19-5-3-2-4-6-19/h2-10,15-16,25H,11-14H2,1H3. The lowest BCUT2D eigenvalue weighted by molar-refractivity contribution is -0.146. The SMILES string of the molecule is CC1(CCc2cc(=O)n3[nH]cc(-c4ccc(Sc5ccccc5)cc4)c3n2)OCCO1. The molecule has 1 aliphatic heterocycles. The van der Waals surface area contributed by atoms with Crippen molar-refractivity contribution in [1.29, 1.82) is 0 Å². The summed E-state index contributed by atoms with van der Waals surface area (Å²) in [6.07, 6.45) is 3.09. The molecule has 1 aliphatic rings. The van der Waals surface area contributed by atoms with E-state index in [0.29, 0.717) is 31.7 Å². The van der Waals surface area contributed by atoms with Gasteiger partial charge in [-0.2, -0.15) is 0 Å². The van der Waals surface area contributed by atoms with Gasteiger partial charge in [0.15, 0.2) is 11.4 Å². The minimum absolute atomic E-state index is 0.124. The number of ether oxygens (including phenoxy) is 2. The molecule has 0 aliphatic carbocycles. The third-order valence-electron chi connectivity index (χ3n) is 5.43. The van der Waals surface area contributed by atoms with Gasteiger partial charge in [-0.15, -0.1) is 0 Å². The van der Waals surface area contributed by atoms with E-state index < -0.39 is 5.79 Å². The number of benzene rings is 2. The first-order valence-corrected chi connectivity index (χ1v) is 11.1. The molecule has 0 saturated carbocycles. The van der Waals surface area contributed by atoms with Crippen LogP contribution in [0.4, 0.5) is 0 Å². The van der Waals surface area contributed by atoms with Gasteiger partial charge in [0.05, 0.1) is 13.2 Å². The molecular formula is C24H23N3O3S. The van der Waals surface area contributed by atoms with Crippen molar-refractivity contribution in [3.8, 4) is 11.1 Å². The molecule has 7 heteroatoms. The number of rotatable bonds is 6. The number of nitrogens with one attached hydrogen (secondary N) is 1. The Kier molecular flexibility index (Phi) is 5.40. The van der Waals surface area contributed by atoms with Gasteiger partial charge in [0.25, 0.3) is 5.56 Å². The fourth-order valence-corrected chi connectivity index (χ4v) is 4.59. The molecule has 1 fully saturated rings. The molecule has 0 spiro atoms. The van der Waals surface area contributed by atoms with Crippen molar-refractivity contribution < 1.29 is 9.47 Å². The summed E-state index contributed by atoms with van der Waals surface area (Å²) in [7, 11) is 0. The summed E-state index contributed by atoms with van der Waals surface area (Å²) in [6.45, 7) is 3.14. The van der Waals surface area contributed by atoms with Crippen LogP contribution in [0.25, 0.3) is 16.8 Å². The van der Waals surface area contributed by atoms with Crippen LogP contribution in [0.5, 0.6) is 0 Å². The van der Waals surface area contributed by atoms with E-state index in [1.54, 1.807) is 17.8 Å². The van der Waals surface area contributed by atoms with Gasteiger partial charge in [-0.3, -0.25) is 9.89 Å². The molecule has 158 valence electrons. The highest BCUT2D eigenvalue weighted by Gasteiger charge is 2.30. The van der Waals surface area contributed by atoms with Crippen LogP contribution < -0.4 is 5.56 Å². The van der Waals surface area contributed by atoms with Crippen LogP contribution in [0.2, 0.25) is 0 Å². The van der Waals surface area contributed by atoms with Gasteiger partial charge >= 0.3 is 0 Å². The summed E-state index contributed by atoms with van der Waals surface area (Å²) in [5.41, 5.74) is 3.15. The fraction of sp³-hybridized carbons (Fsp3) is 0.250. The molecule has 31 heavy (non-hydrogen) atoms. The van der Waals surface area contributed by atoms with Crippen LogP contribution in [0.3, 0.4) is 0 Å². The number of aromatic amines is 1. The molecule has 0 unspecified atom stereocenters. The summed E-state index contributed by atoms with van der Waals surface area (Å²) in [6, 6.07) is 20.2. The molecule has 2 aromatic carbocycles. The van der Waals surface area contributed by atoms with Gasteiger partial charge < -0.3 is 9.47 Å². The van der Waals surface area contributed by atoms with Gasteiger partial charge in [0, 0.05) is 39.7 Å². The predicted octanol–water partition coefficient (Wildman–Crippen LogP) is 4.54. The Bertz CT molecular complexity index is 1240. The Balaban J connectivity index is 1.40. The Labute approximate surface area is 184 Å². The second kappa shape index (κ2) is 8.34. The zero-order valence-electron chi connectivity index (χ0n) is 17.2. The molecule has 5 rings (SSSR count). The molecule has 6 nitrogen and oxygen atoms in total. The Morgan fingerprint density at radius 2 is 1.77 bits per heavy atom. The van der Waals surface area contributed by atoms with E-state index in [9.17, 15) is 4.79 Å². The number of nitrogens with zero attached hydrogens (tertiary/aromatic N) is 2. The number of H-pyrrole nitrogens is 1. The summed E-state index contributed by atoms with van der Waals surface area (Å²) in [4.78, 5) is 19.7. The van der Waals surface area contributed by atoms with Crippen molar-refractivity contribution in [2.24, 2.45) is 0 Å². The second-order valence-electron chi connectivity index (χ2n) is 7.70. The lowest BCUT2D eigenvalue weighted by atomic mass is 10.1. The average Bonchev–Trinajstić information content (AvgIpc) is 3.41. The molecule has 1 saturated heterocycles. The van der Waals surface area contributed by atoms with Crippen LogP contribution in [0.15, 0.2) is 81.4 Å². The summed E-state index contributed by atoms with van der Waals surface area (Å²) < 4.78 is 12.8. The quantitative estimate of drug-likeness (QED) is 0.484. The molecular weight excluding hydrogens is 410 g/mol. The molecule has 0 bridgehead atoms. The third-order valence-corrected chi connectivity index (χ3v) is 6.44. The maximum Gasteiger partial charge on any atom is 0.272 e. The van der Waals surface area contributed by atoms with E-state index in [1.165, 1.54) is 9.41 Å². The van der Waals surface area contributed by atoms with Gasteiger partial charge in [0.2, 0.25) is 0 Å². The molecule has 0 radical (unpaired) electrons. The van der Waals surface area contributed by atoms with Gasteiger partial charge in [-0.05, 0) is 43.2 Å². The summed E-state index contributed by atoms with van der Waals surface area (Å²) >= 11 is 1.72. The Morgan fingerprint density at radius 3 is 2.52 bits per heavy atom.